The van der Waals surface area contributed by atoms with Crippen molar-refractivity contribution in [2.75, 3.05) is 14.2 Å². The van der Waals surface area contributed by atoms with Gasteiger partial charge in [-0.05, 0) is 36.5 Å². The van der Waals surface area contributed by atoms with Crippen molar-refractivity contribution in [1.29, 1.82) is 0 Å². The number of hydrogen-bond donors (Lipinski definition) is 2. The second kappa shape index (κ2) is 6.61. The van der Waals surface area contributed by atoms with Crippen LogP contribution in [0, 0.1) is 5.92 Å². The number of nitrogens with two attached hydrogens (primary N) is 1. The molecule has 0 aliphatic heterocycles. The maximum Gasteiger partial charge on any atom is 0.221 e. The molecular weight excluding hydrogens is 256 g/mol. The van der Waals surface area contributed by atoms with Gasteiger partial charge in [0.15, 0.2) is 11.5 Å². The molecule has 2 rings (SSSR count). The van der Waals surface area contributed by atoms with Crippen LogP contribution in [0.4, 0.5) is 0 Å². The lowest BCUT2D eigenvalue weighted by atomic mass is 10.1. The fraction of sp³-hybridized carbons (Fsp3) is 0.533. The van der Waals surface area contributed by atoms with Crippen molar-refractivity contribution in [2.24, 2.45) is 11.7 Å². The standard InChI is InChI=1S/C15H22N2O3/c1-19-13-6-3-10(7-14(13)20-2)9-17-15(18)8-12(16)11-4-5-11/h3,6-7,11-12H,4-5,8-9,16H2,1-2H3,(H,17,18). The first-order valence-electron chi connectivity index (χ1n) is 6.87. The number of nitrogens with one attached hydrogen (secondary N) is 1. The van der Waals surface area contributed by atoms with Gasteiger partial charge in [-0.25, -0.2) is 0 Å². The number of benzene rings is 1. The fourth-order valence-electron chi connectivity index (χ4n) is 2.17. The maximum atomic E-state index is 11.8. The predicted octanol–water partition coefficient (Wildman–Crippen LogP) is 1.45. The molecule has 1 fully saturated rings. The van der Waals surface area contributed by atoms with Gasteiger partial charge in [0.2, 0.25) is 5.91 Å². The van der Waals surface area contributed by atoms with Gasteiger partial charge in [0, 0.05) is 19.0 Å². The molecule has 1 aromatic rings. The number of rotatable bonds is 7. The van der Waals surface area contributed by atoms with Crippen LogP contribution in [0.1, 0.15) is 24.8 Å². The first-order valence-corrected chi connectivity index (χ1v) is 6.87. The molecule has 20 heavy (non-hydrogen) atoms. The van der Waals surface area contributed by atoms with E-state index in [1.54, 1.807) is 14.2 Å². The fourth-order valence-corrected chi connectivity index (χ4v) is 2.17. The molecule has 1 aliphatic carbocycles. The first kappa shape index (κ1) is 14.7. The average Bonchev–Trinajstić information content (AvgIpc) is 3.29. The van der Waals surface area contributed by atoms with Crippen LogP contribution in [0.2, 0.25) is 0 Å². The third-order valence-electron chi connectivity index (χ3n) is 3.59. The van der Waals surface area contributed by atoms with E-state index in [1.165, 1.54) is 0 Å². The number of carbonyl (C=O) groups is 1. The summed E-state index contributed by atoms with van der Waals surface area (Å²) < 4.78 is 10.4. The number of hydrogen-bond acceptors (Lipinski definition) is 4. The summed E-state index contributed by atoms with van der Waals surface area (Å²) in [7, 11) is 3.19. The minimum atomic E-state index is -0.000755. The SMILES string of the molecule is COc1ccc(CNC(=O)CC(N)C2CC2)cc1OC. The zero-order chi connectivity index (χ0) is 14.5. The summed E-state index contributed by atoms with van der Waals surface area (Å²) >= 11 is 0. The number of methoxy groups -OCH3 is 2. The van der Waals surface area contributed by atoms with Gasteiger partial charge in [-0.3, -0.25) is 4.79 Å². The van der Waals surface area contributed by atoms with Crippen molar-refractivity contribution in [2.45, 2.75) is 31.8 Å². The lowest BCUT2D eigenvalue weighted by Gasteiger charge is -2.12. The molecule has 1 saturated carbocycles. The van der Waals surface area contributed by atoms with Gasteiger partial charge in [-0.1, -0.05) is 6.07 Å². The van der Waals surface area contributed by atoms with Crippen molar-refractivity contribution < 1.29 is 14.3 Å². The lowest BCUT2D eigenvalue weighted by molar-refractivity contribution is -0.121. The van der Waals surface area contributed by atoms with E-state index in [2.05, 4.69) is 5.32 Å². The molecule has 0 saturated heterocycles. The van der Waals surface area contributed by atoms with Crippen LogP contribution in [-0.4, -0.2) is 26.2 Å². The molecule has 0 bridgehead atoms. The topological polar surface area (TPSA) is 73.6 Å². The molecule has 0 spiro atoms. The average molecular weight is 278 g/mol. The van der Waals surface area contributed by atoms with E-state index in [0.717, 1.165) is 18.4 Å². The van der Waals surface area contributed by atoms with Gasteiger partial charge in [0.1, 0.15) is 0 Å². The highest BCUT2D eigenvalue weighted by Crippen LogP contribution is 2.32. The molecule has 0 radical (unpaired) electrons. The Balaban J connectivity index is 1.85. The first-order chi connectivity index (χ1) is 9.63. The van der Waals surface area contributed by atoms with Crippen LogP contribution in [-0.2, 0) is 11.3 Å². The molecule has 5 heteroatoms. The Morgan fingerprint density at radius 3 is 2.65 bits per heavy atom. The van der Waals surface area contributed by atoms with E-state index < -0.39 is 0 Å². The van der Waals surface area contributed by atoms with Crippen LogP contribution in [0.5, 0.6) is 11.5 Å². The van der Waals surface area contributed by atoms with Crippen molar-refractivity contribution in [3.63, 3.8) is 0 Å². The molecular formula is C15H22N2O3. The van der Waals surface area contributed by atoms with E-state index in [4.69, 9.17) is 15.2 Å². The minimum absolute atomic E-state index is 0.000374. The second-order valence-electron chi connectivity index (χ2n) is 5.17. The quantitative estimate of drug-likeness (QED) is 0.791. The molecule has 1 aliphatic rings. The van der Waals surface area contributed by atoms with E-state index >= 15 is 0 Å². The molecule has 1 atom stereocenters. The summed E-state index contributed by atoms with van der Waals surface area (Å²) in [5.41, 5.74) is 6.90. The van der Waals surface area contributed by atoms with Crippen LogP contribution < -0.4 is 20.5 Å². The van der Waals surface area contributed by atoms with Gasteiger partial charge in [-0.2, -0.15) is 0 Å². The molecule has 5 nitrogen and oxygen atoms in total. The molecule has 1 unspecified atom stereocenters. The van der Waals surface area contributed by atoms with Crippen molar-refractivity contribution in [1.82, 2.24) is 5.32 Å². The molecule has 110 valence electrons. The highest BCUT2D eigenvalue weighted by Gasteiger charge is 2.29. The zero-order valence-corrected chi connectivity index (χ0v) is 12.0. The normalized spacial score (nSPS) is 15.6. The van der Waals surface area contributed by atoms with Crippen LogP contribution in [0.3, 0.4) is 0 Å². The Hall–Kier alpha value is -1.75. The van der Waals surface area contributed by atoms with Crippen LogP contribution in [0.15, 0.2) is 18.2 Å². The third kappa shape index (κ3) is 3.87. The summed E-state index contributed by atoms with van der Waals surface area (Å²) in [6.45, 7) is 0.469. The van der Waals surface area contributed by atoms with Gasteiger partial charge in [-0.15, -0.1) is 0 Å². The monoisotopic (exact) mass is 278 g/mol. The summed E-state index contributed by atoms with van der Waals surface area (Å²) in [5, 5.41) is 2.89. The van der Waals surface area contributed by atoms with Crippen LogP contribution in [0.25, 0.3) is 0 Å². The molecule has 3 N–H and O–H groups in total. The van der Waals surface area contributed by atoms with E-state index in [9.17, 15) is 4.79 Å². The van der Waals surface area contributed by atoms with Crippen LogP contribution >= 0.6 is 0 Å². The summed E-state index contributed by atoms with van der Waals surface area (Å²) in [6.07, 6.45) is 2.71. The van der Waals surface area contributed by atoms with Gasteiger partial charge < -0.3 is 20.5 Å². The van der Waals surface area contributed by atoms with Crippen molar-refractivity contribution >= 4 is 5.91 Å². The Bertz CT molecular complexity index is 472. The number of carbonyl (C=O) groups excluding carboxylic acids is 1. The Morgan fingerprint density at radius 1 is 1.35 bits per heavy atom. The smallest absolute Gasteiger partial charge is 0.221 e. The van der Waals surface area contributed by atoms with Gasteiger partial charge in [0.25, 0.3) is 0 Å². The van der Waals surface area contributed by atoms with Crippen molar-refractivity contribution in [3.8, 4) is 11.5 Å². The largest absolute Gasteiger partial charge is 0.493 e. The predicted molar refractivity (Wildman–Crippen MR) is 76.7 cm³/mol. The summed E-state index contributed by atoms with van der Waals surface area (Å²) in [6, 6.07) is 5.60. The molecule has 1 amide bonds. The zero-order valence-electron chi connectivity index (χ0n) is 12.0. The van der Waals surface area contributed by atoms with E-state index in [-0.39, 0.29) is 11.9 Å². The maximum absolute atomic E-state index is 11.8. The van der Waals surface area contributed by atoms with Crippen molar-refractivity contribution in [3.05, 3.63) is 23.8 Å². The van der Waals surface area contributed by atoms with E-state index in [1.807, 2.05) is 18.2 Å². The lowest BCUT2D eigenvalue weighted by Crippen LogP contribution is -2.32. The third-order valence-corrected chi connectivity index (χ3v) is 3.59. The molecule has 1 aromatic carbocycles. The minimum Gasteiger partial charge on any atom is -0.493 e. The summed E-state index contributed by atoms with van der Waals surface area (Å²) in [5.74, 6) is 1.88. The Labute approximate surface area is 119 Å². The van der Waals surface area contributed by atoms with Gasteiger partial charge in [0.05, 0.1) is 14.2 Å². The molecule has 0 heterocycles. The highest BCUT2D eigenvalue weighted by atomic mass is 16.5. The van der Waals surface area contributed by atoms with Gasteiger partial charge >= 0.3 is 0 Å². The Kier molecular flexibility index (Phi) is 4.84. The number of ether oxygens (including phenoxy) is 2. The Morgan fingerprint density at radius 2 is 2.05 bits per heavy atom. The summed E-state index contributed by atoms with van der Waals surface area (Å²) in [4.78, 5) is 11.8. The molecule has 0 aromatic heterocycles. The van der Waals surface area contributed by atoms with E-state index in [0.29, 0.717) is 30.4 Å². The highest BCUT2D eigenvalue weighted by molar-refractivity contribution is 5.76. The number of amides is 1. The second-order valence-corrected chi connectivity index (χ2v) is 5.17.